The van der Waals surface area contributed by atoms with Crippen LogP contribution in [-0.2, 0) is 4.79 Å². The first-order valence-electron chi connectivity index (χ1n) is 6.45. The lowest BCUT2D eigenvalue weighted by Gasteiger charge is -2.11. The van der Waals surface area contributed by atoms with Gasteiger partial charge in [0.05, 0.1) is 19.1 Å². The Hall–Kier alpha value is -1.07. The number of hydrogen-bond acceptors (Lipinski definition) is 3. The molecule has 1 aromatic carbocycles. The molecule has 0 saturated heterocycles. The highest BCUT2D eigenvalue weighted by Crippen LogP contribution is 2.16. The van der Waals surface area contributed by atoms with E-state index in [2.05, 4.69) is 21.2 Å². The molecule has 0 heterocycles. The van der Waals surface area contributed by atoms with Gasteiger partial charge in [-0.05, 0) is 30.7 Å². The second kappa shape index (κ2) is 8.93. The fourth-order valence-electron chi connectivity index (χ4n) is 1.55. The minimum Gasteiger partial charge on any atom is -0.493 e. The van der Waals surface area contributed by atoms with Crippen molar-refractivity contribution in [3.8, 4) is 5.75 Å². The van der Waals surface area contributed by atoms with Crippen molar-refractivity contribution in [2.24, 2.45) is 0 Å². The predicted molar refractivity (Wildman–Crippen MR) is 78.2 cm³/mol. The SMILES string of the molecule is CCCC(O)CNC(=O)CCOc1ccc(Br)cc1. The van der Waals surface area contributed by atoms with Crippen LogP contribution in [0.3, 0.4) is 0 Å². The highest BCUT2D eigenvalue weighted by Gasteiger charge is 2.06. The van der Waals surface area contributed by atoms with Crippen molar-refractivity contribution in [1.29, 1.82) is 0 Å². The zero-order chi connectivity index (χ0) is 14.1. The molecule has 1 rings (SSSR count). The van der Waals surface area contributed by atoms with Gasteiger partial charge < -0.3 is 15.2 Å². The van der Waals surface area contributed by atoms with Crippen LogP contribution >= 0.6 is 15.9 Å². The molecule has 0 spiro atoms. The predicted octanol–water partition coefficient (Wildman–Crippen LogP) is 2.50. The van der Waals surface area contributed by atoms with E-state index in [1.54, 1.807) is 0 Å². The molecule has 1 unspecified atom stereocenters. The molecule has 0 aliphatic carbocycles. The average Bonchev–Trinajstić information content (AvgIpc) is 2.39. The largest absolute Gasteiger partial charge is 0.493 e. The maximum Gasteiger partial charge on any atom is 0.223 e. The van der Waals surface area contributed by atoms with E-state index >= 15 is 0 Å². The van der Waals surface area contributed by atoms with E-state index < -0.39 is 6.10 Å². The smallest absolute Gasteiger partial charge is 0.223 e. The second-order valence-corrected chi connectivity index (χ2v) is 5.21. The summed E-state index contributed by atoms with van der Waals surface area (Å²) >= 11 is 3.34. The molecule has 2 N–H and O–H groups in total. The fraction of sp³-hybridized carbons (Fsp3) is 0.500. The third-order valence-electron chi connectivity index (χ3n) is 2.57. The van der Waals surface area contributed by atoms with Crippen molar-refractivity contribution in [3.63, 3.8) is 0 Å². The van der Waals surface area contributed by atoms with Crippen molar-refractivity contribution in [3.05, 3.63) is 28.7 Å². The zero-order valence-electron chi connectivity index (χ0n) is 11.1. The van der Waals surface area contributed by atoms with Gasteiger partial charge in [0.1, 0.15) is 5.75 Å². The van der Waals surface area contributed by atoms with Crippen molar-refractivity contribution in [2.45, 2.75) is 32.3 Å². The number of aliphatic hydroxyl groups excluding tert-OH is 1. The van der Waals surface area contributed by atoms with Gasteiger partial charge in [-0.1, -0.05) is 29.3 Å². The summed E-state index contributed by atoms with van der Waals surface area (Å²) in [5.41, 5.74) is 0. The lowest BCUT2D eigenvalue weighted by atomic mass is 10.2. The van der Waals surface area contributed by atoms with Crippen LogP contribution < -0.4 is 10.1 Å². The molecule has 0 aliphatic heterocycles. The van der Waals surface area contributed by atoms with Crippen LogP contribution in [0, 0.1) is 0 Å². The van der Waals surface area contributed by atoms with Crippen LogP contribution in [0.25, 0.3) is 0 Å². The molecule has 1 atom stereocenters. The van der Waals surface area contributed by atoms with E-state index in [0.717, 1.165) is 16.6 Å². The van der Waals surface area contributed by atoms with Crippen LogP contribution in [0.4, 0.5) is 0 Å². The monoisotopic (exact) mass is 329 g/mol. The highest BCUT2D eigenvalue weighted by atomic mass is 79.9. The maximum atomic E-state index is 11.5. The summed E-state index contributed by atoms with van der Waals surface area (Å²) in [5, 5.41) is 12.2. The van der Waals surface area contributed by atoms with Crippen molar-refractivity contribution in [1.82, 2.24) is 5.32 Å². The number of nitrogens with one attached hydrogen (secondary N) is 1. The van der Waals surface area contributed by atoms with E-state index in [1.807, 2.05) is 31.2 Å². The molecule has 106 valence electrons. The van der Waals surface area contributed by atoms with Crippen LogP contribution in [-0.4, -0.2) is 30.3 Å². The van der Waals surface area contributed by atoms with E-state index in [9.17, 15) is 9.90 Å². The molecule has 0 bridgehead atoms. The Kier molecular flexibility index (Phi) is 7.52. The lowest BCUT2D eigenvalue weighted by molar-refractivity contribution is -0.122. The van der Waals surface area contributed by atoms with Crippen molar-refractivity contribution < 1.29 is 14.6 Å². The molecule has 0 radical (unpaired) electrons. The molecule has 5 heteroatoms. The Morgan fingerprint density at radius 1 is 1.42 bits per heavy atom. The van der Waals surface area contributed by atoms with Crippen molar-refractivity contribution in [2.75, 3.05) is 13.2 Å². The molecule has 4 nitrogen and oxygen atoms in total. The number of benzene rings is 1. The summed E-state index contributed by atoms with van der Waals surface area (Å²) in [6.45, 7) is 2.64. The van der Waals surface area contributed by atoms with Crippen LogP contribution in [0.2, 0.25) is 0 Å². The number of carbonyl (C=O) groups is 1. The Morgan fingerprint density at radius 2 is 2.11 bits per heavy atom. The molecular weight excluding hydrogens is 310 g/mol. The standard InChI is InChI=1S/C14H20BrNO3/c1-2-3-12(17)10-16-14(18)8-9-19-13-6-4-11(15)5-7-13/h4-7,12,17H,2-3,8-10H2,1H3,(H,16,18). The van der Waals surface area contributed by atoms with E-state index in [4.69, 9.17) is 4.74 Å². The number of halogens is 1. The van der Waals surface area contributed by atoms with Crippen LogP contribution in [0.5, 0.6) is 5.75 Å². The minimum absolute atomic E-state index is 0.104. The van der Waals surface area contributed by atoms with Gasteiger partial charge in [-0.15, -0.1) is 0 Å². The van der Waals surface area contributed by atoms with Gasteiger partial charge in [0, 0.05) is 11.0 Å². The molecule has 19 heavy (non-hydrogen) atoms. The molecule has 0 fully saturated rings. The van der Waals surface area contributed by atoms with E-state index in [0.29, 0.717) is 19.6 Å². The summed E-state index contributed by atoms with van der Waals surface area (Å²) in [5.74, 6) is 0.634. The normalized spacial score (nSPS) is 11.9. The number of aliphatic hydroxyl groups is 1. The third-order valence-corrected chi connectivity index (χ3v) is 3.10. The average molecular weight is 330 g/mol. The minimum atomic E-state index is -0.457. The first-order chi connectivity index (χ1) is 9.11. The Balaban J connectivity index is 2.15. The van der Waals surface area contributed by atoms with Gasteiger partial charge in [-0.25, -0.2) is 0 Å². The van der Waals surface area contributed by atoms with Gasteiger partial charge in [-0.3, -0.25) is 4.79 Å². The number of ether oxygens (including phenoxy) is 1. The Labute approximate surface area is 122 Å². The second-order valence-electron chi connectivity index (χ2n) is 4.30. The molecule has 0 aliphatic rings. The van der Waals surface area contributed by atoms with E-state index in [1.165, 1.54) is 0 Å². The lowest BCUT2D eigenvalue weighted by Crippen LogP contribution is -2.32. The molecule has 1 aromatic rings. The summed E-state index contributed by atoms with van der Waals surface area (Å²) < 4.78 is 6.43. The third kappa shape index (κ3) is 7.18. The maximum absolute atomic E-state index is 11.5. The first-order valence-corrected chi connectivity index (χ1v) is 7.24. The summed E-state index contributed by atoms with van der Waals surface area (Å²) in [7, 11) is 0. The fourth-order valence-corrected chi connectivity index (χ4v) is 1.81. The van der Waals surface area contributed by atoms with Gasteiger partial charge in [0.25, 0.3) is 0 Å². The van der Waals surface area contributed by atoms with Gasteiger partial charge >= 0.3 is 0 Å². The van der Waals surface area contributed by atoms with Gasteiger partial charge in [0.2, 0.25) is 5.91 Å². The Bertz CT molecular complexity index is 381. The summed E-state index contributed by atoms with van der Waals surface area (Å²) in [6, 6.07) is 7.45. The van der Waals surface area contributed by atoms with Gasteiger partial charge in [0.15, 0.2) is 0 Å². The highest BCUT2D eigenvalue weighted by molar-refractivity contribution is 9.10. The molecular formula is C14H20BrNO3. The topological polar surface area (TPSA) is 58.6 Å². The molecule has 1 amide bonds. The summed E-state index contributed by atoms with van der Waals surface area (Å²) in [4.78, 5) is 11.5. The number of hydrogen-bond donors (Lipinski definition) is 2. The number of carbonyl (C=O) groups excluding carboxylic acids is 1. The number of rotatable bonds is 8. The number of amides is 1. The zero-order valence-corrected chi connectivity index (χ0v) is 12.6. The first kappa shape index (κ1) is 16.0. The quantitative estimate of drug-likeness (QED) is 0.770. The van der Waals surface area contributed by atoms with E-state index in [-0.39, 0.29) is 12.3 Å². The molecule has 0 saturated carbocycles. The molecule has 0 aromatic heterocycles. The van der Waals surface area contributed by atoms with Crippen molar-refractivity contribution >= 4 is 21.8 Å². The van der Waals surface area contributed by atoms with Crippen LogP contribution in [0.15, 0.2) is 28.7 Å². The van der Waals surface area contributed by atoms with Gasteiger partial charge in [-0.2, -0.15) is 0 Å². The summed E-state index contributed by atoms with van der Waals surface area (Å²) in [6.07, 6.45) is 1.44. The van der Waals surface area contributed by atoms with Crippen LogP contribution in [0.1, 0.15) is 26.2 Å². The Morgan fingerprint density at radius 3 is 2.74 bits per heavy atom.